The molecule has 0 aliphatic heterocycles. The lowest BCUT2D eigenvalue weighted by atomic mass is 10.1. The van der Waals surface area contributed by atoms with Gasteiger partial charge in [-0.2, -0.15) is 0 Å². The molecule has 1 amide bonds. The van der Waals surface area contributed by atoms with E-state index in [1.807, 2.05) is 32.0 Å². The van der Waals surface area contributed by atoms with Gasteiger partial charge in [0.05, 0.1) is 13.2 Å². The second-order valence-electron chi connectivity index (χ2n) is 4.23. The van der Waals surface area contributed by atoms with E-state index in [0.717, 1.165) is 5.56 Å². The van der Waals surface area contributed by atoms with Crippen molar-refractivity contribution in [1.29, 1.82) is 0 Å². The first-order chi connectivity index (χ1) is 8.15. The van der Waals surface area contributed by atoms with E-state index in [-0.39, 0.29) is 5.91 Å². The topological polar surface area (TPSA) is 47.6 Å². The number of ether oxygens (including phenoxy) is 1. The molecule has 0 aliphatic carbocycles. The minimum Gasteiger partial charge on any atom is -0.380 e. The van der Waals surface area contributed by atoms with Crippen LogP contribution in [0.25, 0.3) is 0 Å². The van der Waals surface area contributed by atoms with E-state index in [0.29, 0.717) is 24.7 Å². The zero-order valence-corrected chi connectivity index (χ0v) is 10.5. The van der Waals surface area contributed by atoms with Gasteiger partial charge in [0.15, 0.2) is 0 Å². The number of methoxy groups -OCH3 is 1. The molecule has 0 aromatic heterocycles. The summed E-state index contributed by atoms with van der Waals surface area (Å²) in [5.74, 6) is 0.141. The molecule has 0 radical (unpaired) electrons. The normalized spacial score (nSPS) is 10.6. The van der Waals surface area contributed by atoms with Gasteiger partial charge in [-0.15, -0.1) is 0 Å². The largest absolute Gasteiger partial charge is 0.380 e. The Bertz CT molecular complexity index is 363. The summed E-state index contributed by atoms with van der Waals surface area (Å²) in [6, 6.07) is 7.31. The van der Waals surface area contributed by atoms with Crippen molar-refractivity contribution < 1.29 is 14.4 Å². The Hall–Kier alpha value is -1.39. The Morgan fingerprint density at radius 3 is 2.71 bits per heavy atom. The Labute approximate surface area is 102 Å². The summed E-state index contributed by atoms with van der Waals surface area (Å²) < 4.78 is 5.04. The van der Waals surface area contributed by atoms with Crippen LogP contribution in [-0.4, -0.2) is 19.6 Å². The number of amides is 1. The fraction of sp³-hybridized carbons (Fsp3) is 0.462. The minimum absolute atomic E-state index is 0.238. The summed E-state index contributed by atoms with van der Waals surface area (Å²) in [6.07, 6.45) is 0. The van der Waals surface area contributed by atoms with Crippen LogP contribution >= 0.6 is 0 Å². The van der Waals surface area contributed by atoms with Crippen molar-refractivity contribution in [1.82, 2.24) is 5.48 Å². The molecule has 1 aromatic rings. The van der Waals surface area contributed by atoms with Crippen LogP contribution < -0.4 is 5.48 Å². The molecular formula is C13H19NO3. The van der Waals surface area contributed by atoms with Crippen LogP contribution in [0.4, 0.5) is 0 Å². The van der Waals surface area contributed by atoms with Gasteiger partial charge in [0.2, 0.25) is 0 Å². The quantitative estimate of drug-likeness (QED) is 0.771. The minimum atomic E-state index is -0.238. The molecule has 0 atom stereocenters. The Kier molecular flexibility index (Phi) is 5.66. The average Bonchev–Trinajstić information content (AvgIpc) is 2.29. The summed E-state index contributed by atoms with van der Waals surface area (Å²) in [4.78, 5) is 16.9. The number of carbonyl (C=O) groups excluding carboxylic acids is 1. The molecule has 0 fully saturated rings. The fourth-order valence-corrected chi connectivity index (χ4v) is 1.35. The van der Waals surface area contributed by atoms with E-state index < -0.39 is 0 Å². The first-order valence-corrected chi connectivity index (χ1v) is 5.64. The van der Waals surface area contributed by atoms with E-state index in [2.05, 4.69) is 5.48 Å². The van der Waals surface area contributed by atoms with Crippen molar-refractivity contribution in [2.24, 2.45) is 5.92 Å². The van der Waals surface area contributed by atoms with Gasteiger partial charge in [0.1, 0.15) is 0 Å². The van der Waals surface area contributed by atoms with Gasteiger partial charge >= 0.3 is 0 Å². The first kappa shape index (κ1) is 13.7. The number of carbonyl (C=O) groups is 1. The van der Waals surface area contributed by atoms with Gasteiger partial charge in [-0.05, 0) is 17.5 Å². The summed E-state index contributed by atoms with van der Waals surface area (Å²) in [5.41, 5.74) is 3.86. The summed E-state index contributed by atoms with van der Waals surface area (Å²) >= 11 is 0. The van der Waals surface area contributed by atoms with E-state index in [1.54, 1.807) is 13.2 Å². The Balaban J connectivity index is 2.61. The maximum Gasteiger partial charge on any atom is 0.275 e. The van der Waals surface area contributed by atoms with Crippen LogP contribution in [-0.2, 0) is 16.2 Å². The molecule has 4 heteroatoms. The van der Waals surface area contributed by atoms with Crippen molar-refractivity contribution in [3.63, 3.8) is 0 Å². The molecule has 17 heavy (non-hydrogen) atoms. The van der Waals surface area contributed by atoms with Gasteiger partial charge in [-0.3, -0.25) is 9.63 Å². The molecule has 0 heterocycles. The van der Waals surface area contributed by atoms with Crippen molar-refractivity contribution >= 4 is 5.91 Å². The third kappa shape index (κ3) is 4.54. The van der Waals surface area contributed by atoms with Crippen LogP contribution in [0.2, 0.25) is 0 Å². The third-order valence-corrected chi connectivity index (χ3v) is 2.14. The average molecular weight is 237 g/mol. The lowest BCUT2D eigenvalue weighted by Crippen LogP contribution is -2.26. The van der Waals surface area contributed by atoms with E-state index >= 15 is 0 Å². The second-order valence-corrected chi connectivity index (χ2v) is 4.23. The van der Waals surface area contributed by atoms with Crippen LogP contribution in [0.3, 0.4) is 0 Å². The maximum atomic E-state index is 11.8. The summed E-state index contributed by atoms with van der Waals surface area (Å²) in [6.45, 7) is 4.95. The van der Waals surface area contributed by atoms with Gasteiger partial charge in [-0.25, -0.2) is 5.48 Å². The predicted molar refractivity (Wildman–Crippen MR) is 65.4 cm³/mol. The molecule has 0 aliphatic rings. The summed E-state index contributed by atoms with van der Waals surface area (Å²) in [5, 5.41) is 0. The number of benzene rings is 1. The smallest absolute Gasteiger partial charge is 0.275 e. The summed E-state index contributed by atoms with van der Waals surface area (Å²) in [7, 11) is 1.60. The molecule has 0 spiro atoms. The molecule has 0 saturated carbocycles. The van der Waals surface area contributed by atoms with Gasteiger partial charge in [-0.1, -0.05) is 32.0 Å². The highest BCUT2D eigenvalue weighted by molar-refractivity contribution is 5.94. The molecule has 0 bridgehead atoms. The predicted octanol–water partition coefficient (Wildman–Crippen LogP) is 2.15. The SMILES string of the molecule is COCc1ccccc1C(=O)NOCC(C)C. The zero-order chi connectivity index (χ0) is 12.7. The first-order valence-electron chi connectivity index (χ1n) is 5.64. The maximum absolute atomic E-state index is 11.8. The van der Waals surface area contributed by atoms with Crippen molar-refractivity contribution in [2.75, 3.05) is 13.7 Å². The van der Waals surface area contributed by atoms with Crippen molar-refractivity contribution in [2.45, 2.75) is 20.5 Å². The molecular weight excluding hydrogens is 218 g/mol. The van der Waals surface area contributed by atoms with Crippen LogP contribution in [0.15, 0.2) is 24.3 Å². The highest BCUT2D eigenvalue weighted by atomic mass is 16.6. The van der Waals surface area contributed by atoms with E-state index in [9.17, 15) is 4.79 Å². The van der Waals surface area contributed by atoms with Crippen molar-refractivity contribution in [3.05, 3.63) is 35.4 Å². The Morgan fingerprint density at radius 2 is 2.06 bits per heavy atom. The van der Waals surface area contributed by atoms with Gasteiger partial charge in [0, 0.05) is 12.7 Å². The van der Waals surface area contributed by atoms with Crippen LogP contribution in [0.5, 0.6) is 0 Å². The number of hydrogen-bond donors (Lipinski definition) is 1. The lowest BCUT2D eigenvalue weighted by Gasteiger charge is -2.10. The molecule has 94 valence electrons. The van der Waals surface area contributed by atoms with Gasteiger partial charge in [0.25, 0.3) is 5.91 Å². The number of hydroxylamine groups is 1. The molecule has 0 unspecified atom stereocenters. The number of rotatable bonds is 6. The monoisotopic (exact) mass is 237 g/mol. The highest BCUT2D eigenvalue weighted by Gasteiger charge is 2.10. The fourth-order valence-electron chi connectivity index (χ4n) is 1.35. The van der Waals surface area contributed by atoms with Crippen LogP contribution in [0.1, 0.15) is 29.8 Å². The molecule has 1 aromatic carbocycles. The zero-order valence-electron chi connectivity index (χ0n) is 10.5. The molecule has 1 rings (SSSR count). The third-order valence-electron chi connectivity index (χ3n) is 2.14. The number of hydrogen-bond acceptors (Lipinski definition) is 3. The van der Waals surface area contributed by atoms with E-state index in [4.69, 9.17) is 9.57 Å². The van der Waals surface area contributed by atoms with Gasteiger partial charge < -0.3 is 4.74 Å². The van der Waals surface area contributed by atoms with E-state index in [1.165, 1.54) is 0 Å². The Morgan fingerprint density at radius 1 is 1.35 bits per heavy atom. The standard InChI is InChI=1S/C13H19NO3/c1-10(2)8-17-14-13(15)12-7-5-4-6-11(12)9-16-3/h4-7,10H,8-9H2,1-3H3,(H,14,15). The second kappa shape index (κ2) is 7.04. The highest BCUT2D eigenvalue weighted by Crippen LogP contribution is 2.09. The molecule has 0 saturated heterocycles. The van der Waals surface area contributed by atoms with Crippen molar-refractivity contribution in [3.8, 4) is 0 Å². The lowest BCUT2D eigenvalue weighted by molar-refractivity contribution is 0.0206. The molecule has 1 N–H and O–H groups in total. The van der Waals surface area contributed by atoms with Crippen LogP contribution in [0, 0.1) is 5.92 Å². The number of nitrogens with one attached hydrogen (secondary N) is 1. The molecule has 4 nitrogen and oxygen atoms in total.